The summed E-state index contributed by atoms with van der Waals surface area (Å²) in [6.07, 6.45) is 24.4. The molecule has 38 heavy (non-hydrogen) atoms. The van der Waals surface area contributed by atoms with E-state index >= 15 is 0 Å². The molecule has 11 atom stereocenters. The molecule has 0 spiro atoms. The standard InChI is InChI=1S/C35H55NO2/c1-23(2)10-9-11-24(3)27-13-14-28-32-26(22-38)20-30-33(31-12-7-6-8-19-36-31)25(21-37)15-17-35(30,5)29(32)16-18-34(27,28)4/h6-8,12,19,21,23-30,32-33,36,38H,9-11,13-18,20,22H2,1-5H3/t24-,25?,26?,27-,28+,29+,30+,32+,33?,34-,35-/m1/s1. The van der Waals surface area contributed by atoms with Gasteiger partial charge in [-0.05, 0) is 115 Å². The van der Waals surface area contributed by atoms with E-state index in [-0.39, 0.29) is 17.3 Å². The second-order valence-electron chi connectivity index (χ2n) is 15.0. The van der Waals surface area contributed by atoms with Crippen LogP contribution < -0.4 is 5.32 Å². The van der Waals surface area contributed by atoms with Crippen molar-refractivity contribution in [1.29, 1.82) is 0 Å². The van der Waals surface area contributed by atoms with Crippen LogP contribution in [0.4, 0.5) is 0 Å². The van der Waals surface area contributed by atoms with E-state index in [1.807, 2.05) is 12.3 Å². The van der Waals surface area contributed by atoms with Gasteiger partial charge in [0.1, 0.15) is 6.29 Å². The summed E-state index contributed by atoms with van der Waals surface area (Å²) in [7, 11) is 0. The van der Waals surface area contributed by atoms with Crippen molar-refractivity contribution in [2.45, 2.75) is 98.8 Å². The Balaban J connectivity index is 1.42. The number of aldehydes is 1. The number of nitrogens with one attached hydrogen (secondary N) is 1. The third-order valence-electron chi connectivity index (χ3n) is 12.9. The van der Waals surface area contributed by atoms with Crippen LogP contribution in [0.1, 0.15) is 98.8 Å². The number of fused-ring (bicyclic) bond motifs is 5. The van der Waals surface area contributed by atoms with Gasteiger partial charge in [-0.1, -0.05) is 66.0 Å². The van der Waals surface area contributed by atoms with Gasteiger partial charge in [-0.2, -0.15) is 0 Å². The fourth-order valence-electron chi connectivity index (χ4n) is 11.0. The van der Waals surface area contributed by atoms with Crippen LogP contribution in [0.3, 0.4) is 0 Å². The molecule has 3 unspecified atom stereocenters. The third kappa shape index (κ3) is 4.77. The van der Waals surface area contributed by atoms with Gasteiger partial charge in [0.05, 0.1) is 0 Å². The van der Waals surface area contributed by atoms with Crippen LogP contribution in [0.15, 0.2) is 36.2 Å². The normalized spacial score (nSPS) is 44.9. The highest BCUT2D eigenvalue weighted by Gasteiger charge is 2.64. The molecular formula is C35H55NO2. The van der Waals surface area contributed by atoms with Crippen LogP contribution in [0.25, 0.3) is 0 Å². The van der Waals surface area contributed by atoms with Crippen molar-refractivity contribution in [3.05, 3.63) is 36.2 Å². The highest BCUT2D eigenvalue weighted by Crippen LogP contribution is 2.70. The van der Waals surface area contributed by atoms with Crippen LogP contribution in [-0.2, 0) is 4.79 Å². The summed E-state index contributed by atoms with van der Waals surface area (Å²) in [5, 5.41) is 14.4. The van der Waals surface area contributed by atoms with Crippen LogP contribution >= 0.6 is 0 Å². The third-order valence-corrected chi connectivity index (χ3v) is 12.9. The molecule has 1 heterocycles. The minimum absolute atomic E-state index is 0.0685. The molecule has 0 amide bonds. The molecule has 3 heteroatoms. The number of aliphatic hydroxyl groups is 1. The van der Waals surface area contributed by atoms with Crippen LogP contribution in [0, 0.1) is 70.0 Å². The molecule has 4 fully saturated rings. The molecule has 5 rings (SSSR count). The highest BCUT2D eigenvalue weighted by molar-refractivity contribution is 5.56. The Labute approximate surface area is 233 Å². The number of hydrogen-bond acceptors (Lipinski definition) is 3. The zero-order valence-electron chi connectivity index (χ0n) is 24.9. The summed E-state index contributed by atoms with van der Waals surface area (Å²) in [5.74, 6) is 5.60. The van der Waals surface area contributed by atoms with Crippen molar-refractivity contribution < 1.29 is 9.90 Å². The van der Waals surface area contributed by atoms with Crippen LogP contribution in [0.2, 0.25) is 0 Å². The van der Waals surface area contributed by atoms with Gasteiger partial charge in [0.25, 0.3) is 0 Å². The summed E-state index contributed by atoms with van der Waals surface area (Å²) < 4.78 is 0. The number of carbonyl (C=O) groups is 1. The van der Waals surface area contributed by atoms with Crippen LogP contribution in [0.5, 0.6) is 0 Å². The summed E-state index contributed by atoms with van der Waals surface area (Å²) in [4.78, 5) is 12.4. The lowest BCUT2D eigenvalue weighted by molar-refractivity contribution is -0.167. The average molecular weight is 522 g/mol. The van der Waals surface area contributed by atoms with Crippen molar-refractivity contribution in [2.75, 3.05) is 6.61 Å². The van der Waals surface area contributed by atoms with E-state index in [0.717, 1.165) is 42.9 Å². The lowest BCUT2D eigenvalue weighted by atomic mass is 9.40. The molecular weight excluding hydrogens is 466 g/mol. The molecule has 0 aromatic carbocycles. The van der Waals surface area contributed by atoms with E-state index in [1.54, 1.807) is 0 Å². The Hall–Kier alpha value is -1.35. The van der Waals surface area contributed by atoms with Crippen molar-refractivity contribution in [3.63, 3.8) is 0 Å². The highest BCUT2D eigenvalue weighted by atomic mass is 16.3. The molecule has 0 aromatic rings. The second-order valence-corrected chi connectivity index (χ2v) is 15.0. The Morgan fingerprint density at radius 3 is 2.47 bits per heavy atom. The number of aliphatic hydroxyl groups excluding tert-OH is 1. The fraction of sp³-hybridized carbons (Fsp3) is 0.800. The number of rotatable bonds is 8. The first-order valence-corrected chi connectivity index (χ1v) is 16.1. The van der Waals surface area contributed by atoms with E-state index < -0.39 is 0 Å². The maximum Gasteiger partial charge on any atom is 0.123 e. The van der Waals surface area contributed by atoms with Crippen molar-refractivity contribution in [3.8, 4) is 0 Å². The van der Waals surface area contributed by atoms with Crippen molar-refractivity contribution in [1.82, 2.24) is 5.32 Å². The van der Waals surface area contributed by atoms with E-state index in [9.17, 15) is 9.90 Å². The summed E-state index contributed by atoms with van der Waals surface area (Å²) in [6, 6.07) is 0. The maximum absolute atomic E-state index is 12.4. The molecule has 0 radical (unpaired) electrons. The Bertz CT molecular complexity index is 934. The molecule has 4 saturated carbocycles. The van der Waals surface area contributed by atoms with Gasteiger partial charge in [0.15, 0.2) is 0 Å². The molecule has 1 aliphatic heterocycles. The van der Waals surface area contributed by atoms with E-state index in [1.165, 1.54) is 56.9 Å². The smallest absolute Gasteiger partial charge is 0.123 e. The maximum atomic E-state index is 12.4. The first-order chi connectivity index (χ1) is 18.2. The largest absolute Gasteiger partial charge is 0.396 e. The minimum atomic E-state index is 0.0685. The van der Waals surface area contributed by atoms with Crippen molar-refractivity contribution in [2.24, 2.45) is 70.0 Å². The molecule has 0 bridgehead atoms. The summed E-state index contributed by atoms with van der Waals surface area (Å²) in [6.45, 7) is 12.8. The van der Waals surface area contributed by atoms with E-state index in [2.05, 4.69) is 58.2 Å². The second kappa shape index (κ2) is 11.3. The molecule has 5 aliphatic rings. The monoisotopic (exact) mass is 521 g/mol. The first kappa shape index (κ1) is 28.2. The van der Waals surface area contributed by atoms with Gasteiger partial charge in [-0.15, -0.1) is 0 Å². The van der Waals surface area contributed by atoms with Crippen LogP contribution in [-0.4, -0.2) is 18.0 Å². The van der Waals surface area contributed by atoms with Gasteiger partial charge in [-0.25, -0.2) is 0 Å². The molecule has 4 aliphatic carbocycles. The fourth-order valence-corrected chi connectivity index (χ4v) is 11.0. The Morgan fingerprint density at radius 1 is 0.974 bits per heavy atom. The average Bonchev–Trinajstić information content (AvgIpc) is 3.05. The van der Waals surface area contributed by atoms with Gasteiger partial charge in [-0.3, -0.25) is 0 Å². The number of allylic oxidation sites excluding steroid dienone is 5. The zero-order chi connectivity index (χ0) is 27.1. The van der Waals surface area contributed by atoms with Crippen molar-refractivity contribution >= 4 is 6.29 Å². The number of hydrogen-bond donors (Lipinski definition) is 2. The number of carbonyl (C=O) groups excluding carboxylic acids is 1. The van der Waals surface area contributed by atoms with Gasteiger partial charge in [0, 0.05) is 30.3 Å². The molecule has 2 N–H and O–H groups in total. The van der Waals surface area contributed by atoms with E-state index in [0.29, 0.717) is 35.7 Å². The lowest BCUT2D eigenvalue weighted by Gasteiger charge is -2.65. The quantitative estimate of drug-likeness (QED) is 0.319. The molecule has 212 valence electrons. The van der Waals surface area contributed by atoms with Gasteiger partial charge < -0.3 is 15.2 Å². The SMILES string of the molecule is CC(C)CCC[C@@H](C)[C@H]1CC[C@H]2[C@@H]3C(CO)C[C@H]4C(C5=CC=CC=CN5)C(C=O)CC[C@]4(C)[C@H]3CC[C@]12C. The first-order valence-electron chi connectivity index (χ1n) is 16.1. The predicted octanol–water partition coefficient (Wildman–Crippen LogP) is 7.92. The Morgan fingerprint density at radius 2 is 1.74 bits per heavy atom. The molecule has 0 aromatic heterocycles. The topological polar surface area (TPSA) is 49.3 Å². The summed E-state index contributed by atoms with van der Waals surface area (Å²) >= 11 is 0. The minimum Gasteiger partial charge on any atom is -0.396 e. The molecule has 0 saturated heterocycles. The lowest BCUT2D eigenvalue weighted by Crippen LogP contribution is -2.59. The predicted molar refractivity (Wildman–Crippen MR) is 157 cm³/mol. The van der Waals surface area contributed by atoms with Gasteiger partial charge >= 0.3 is 0 Å². The van der Waals surface area contributed by atoms with E-state index in [4.69, 9.17) is 0 Å². The molecule has 3 nitrogen and oxygen atoms in total. The Kier molecular flexibility index (Phi) is 8.35. The zero-order valence-corrected chi connectivity index (χ0v) is 24.9. The summed E-state index contributed by atoms with van der Waals surface area (Å²) in [5.41, 5.74) is 1.87. The van der Waals surface area contributed by atoms with Gasteiger partial charge in [0.2, 0.25) is 0 Å².